The number of rotatable bonds is 3. The van der Waals surface area contributed by atoms with Crippen molar-refractivity contribution < 1.29 is 9.59 Å². The number of carbonyl (C=O) groups is 2. The number of piperidine rings is 1. The Balaban J connectivity index is 1.68. The average molecular weight is 375 g/mol. The summed E-state index contributed by atoms with van der Waals surface area (Å²) in [5.74, 6) is -0.169. The van der Waals surface area contributed by atoms with Crippen LogP contribution in [0.15, 0.2) is 18.2 Å². The van der Waals surface area contributed by atoms with Crippen molar-refractivity contribution in [3.63, 3.8) is 0 Å². The average Bonchev–Trinajstić information content (AvgIpc) is 2.62. The van der Waals surface area contributed by atoms with Gasteiger partial charge in [0.05, 0.1) is 22.4 Å². The molecule has 6 nitrogen and oxygen atoms in total. The van der Waals surface area contributed by atoms with Gasteiger partial charge in [0.2, 0.25) is 5.91 Å². The van der Waals surface area contributed by atoms with Crippen LogP contribution in [0.3, 0.4) is 0 Å². The van der Waals surface area contributed by atoms with Gasteiger partial charge in [0, 0.05) is 24.7 Å². The van der Waals surface area contributed by atoms with Crippen molar-refractivity contribution in [3.05, 3.63) is 35.2 Å². The molecular formula is C19H23ClN4O2. The van der Waals surface area contributed by atoms with Gasteiger partial charge in [-0.2, -0.15) is 0 Å². The normalized spacial score (nSPS) is 16.5. The summed E-state index contributed by atoms with van der Waals surface area (Å²) in [5.41, 5.74) is 3.91. The van der Waals surface area contributed by atoms with Crippen molar-refractivity contribution in [2.75, 3.05) is 13.1 Å². The number of hydrogen-bond donors (Lipinski definition) is 1. The summed E-state index contributed by atoms with van der Waals surface area (Å²) in [5, 5.41) is 2.38. The summed E-state index contributed by atoms with van der Waals surface area (Å²) < 4.78 is 0. The summed E-state index contributed by atoms with van der Waals surface area (Å²) in [6.45, 7) is 6.71. The molecule has 1 saturated heterocycles. The Kier molecular flexibility index (Phi) is 5.41. The maximum absolute atomic E-state index is 12.8. The maximum atomic E-state index is 12.8. The number of alkyl halides is 1. The highest BCUT2D eigenvalue weighted by Crippen LogP contribution is 2.18. The van der Waals surface area contributed by atoms with Gasteiger partial charge in [0.25, 0.3) is 5.91 Å². The van der Waals surface area contributed by atoms with Gasteiger partial charge in [-0.1, -0.05) is 0 Å². The quantitative estimate of drug-likeness (QED) is 0.838. The molecule has 7 heteroatoms. The first-order valence-electron chi connectivity index (χ1n) is 8.84. The van der Waals surface area contributed by atoms with E-state index in [9.17, 15) is 9.59 Å². The Morgan fingerprint density at radius 2 is 1.77 bits per heavy atom. The fraction of sp³-hybridized carbons (Fsp3) is 0.474. The molecule has 0 spiro atoms. The first kappa shape index (κ1) is 18.6. The van der Waals surface area contributed by atoms with E-state index in [-0.39, 0.29) is 17.9 Å². The van der Waals surface area contributed by atoms with E-state index < -0.39 is 5.38 Å². The molecule has 1 fully saturated rings. The smallest absolute Gasteiger partial charge is 0.253 e. The van der Waals surface area contributed by atoms with Crippen LogP contribution in [0.1, 0.15) is 41.5 Å². The molecule has 1 aliphatic heterocycles. The number of carbonyl (C=O) groups excluding carboxylic acids is 2. The number of hydrogen-bond acceptors (Lipinski definition) is 4. The molecule has 0 radical (unpaired) electrons. The lowest BCUT2D eigenvalue weighted by atomic mass is 10.0. The molecule has 1 aliphatic rings. The van der Waals surface area contributed by atoms with Crippen molar-refractivity contribution in [2.24, 2.45) is 0 Å². The molecule has 1 N–H and O–H groups in total. The van der Waals surface area contributed by atoms with Crippen molar-refractivity contribution in [1.82, 2.24) is 20.2 Å². The lowest BCUT2D eigenvalue weighted by Crippen LogP contribution is -2.47. The van der Waals surface area contributed by atoms with Crippen molar-refractivity contribution in [1.29, 1.82) is 0 Å². The largest absolute Gasteiger partial charge is 0.352 e. The van der Waals surface area contributed by atoms with Gasteiger partial charge in [-0.25, -0.2) is 9.97 Å². The molecule has 0 saturated carbocycles. The summed E-state index contributed by atoms with van der Waals surface area (Å²) in [6.07, 6.45) is 1.46. The van der Waals surface area contributed by atoms with E-state index >= 15 is 0 Å². The number of halogens is 1. The van der Waals surface area contributed by atoms with Crippen LogP contribution in [0.4, 0.5) is 0 Å². The van der Waals surface area contributed by atoms with E-state index in [1.54, 1.807) is 19.1 Å². The van der Waals surface area contributed by atoms with Gasteiger partial charge < -0.3 is 10.2 Å². The van der Waals surface area contributed by atoms with Gasteiger partial charge in [0.1, 0.15) is 5.38 Å². The third-order valence-corrected chi connectivity index (χ3v) is 5.01. The standard InChI is InChI=1S/C19H23ClN4O2/c1-11(20)18(25)23-15-6-8-24(9-7-15)19(26)14-4-5-16-17(10-14)22-13(3)12(2)21-16/h4-5,10-11,15H,6-9H2,1-3H3,(H,23,25). The van der Waals surface area contributed by atoms with Crippen LogP contribution in [-0.4, -0.2) is 51.2 Å². The molecule has 2 heterocycles. The fourth-order valence-corrected chi connectivity index (χ4v) is 3.15. The Bertz CT molecular complexity index is 845. The molecule has 1 unspecified atom stereocenters. The summed E-state index contributed by atoms with van der Waals surface area (Å²) in [4.78, 5) is 35.3. The Hall–Kier alpha value is -2.21. The zero-order valence-corrected chi connectivity index (χ0v) is 16.0. The number of fused-ring (bicyclic) bond motifs is 1. The fourth-order valence-electron chi connectivity index (χ4n) is 3.09. The van der Waals surface area contributed by atoms with Gasteiger partial charge in [0.15, 0.2) is 0 Å². The molecule has 2 amide bonds. The van der Waals surface area contributed by atoms with E-state index in [2.05, 4.69) is 15.3 Å². The van der Waals surface area contributed by atoms with Crippen LogP contribution in [0.25, 0.3) is 11.0 Å². The van der Waals surface area contributed by atoms with Gasteiger partial charge in [-0.05, 0) is 51.8 Å². The Morgan fingerprint density at radius 1 is 1.15 bits per heavy atom. The molecule has 1 aromatic carbocycles. The Morgan fingerprint density at radius 3 is 2.38 bits per heavy atom. The van der Waals surface area contributed by atoms with Crippen LogP contribution in [0.5, 0.6) is 0 Å². The third kappa shape index (κ3) is 3.96. The lowest BCUT2D eigenvalue weighted by molar-refractivity contribution is -0.121. The molecule has 138 valence electrons. The number of nitrogens with one attached hydrogen (secondary N) is 1. The molecule has 0 bridgehead atoms. The highest BCUT2D eigenvalue weighted by Gasteiger charge is 2.25. The number of amides is 2. The minimum Gasteiger partial charge on any atom is -0.352 e. The molecule has 2 aromatic rings. The molecule has 0 aliphatic carbocycles. The number of benzene rings is 1. The number of aromatic nitrogens is 2. The van der Waals surface area contributed by atoms with Crippen molar-refractivity contribution in [2.45, 2.75) is 45.0 Å². The van der Waals surface area contributed by atoms with Crippen LogP contribution in [-0.2, 0) is 4.79 Å². The summed E-state index contributed by atoms with van der Waals surface area (Å²) in [7, 11) is 0. The second kappa shape index (κ2) is 7.58. The number of nitrogens with zero attached hydrogens (tertiary/aromatic N) is 3. The van der Waals surface area contributed by atoms with Crippen LogP contribution in [0, 0.1) is 13.8 Å². The highest BCUT2D eigenvalue weighted by molar-refractivity contribution is 6.30. The lowest BCUT2D eigenvalue weighted by Gasteiger charge is -2.32. The minimum absolute atomic E-state index is 0.0117. The molecule has 1 aromatic heterocycles. The van der Waals surface area contributed by atoms with Crippen molar-refractivity contribution >= 4 is 34.4 Å². The van der Waals surface area contributed by atoms with Crippen molar-refractivity contribution in [3.8, 4) is 0 Å². The zero-order valence-electron chi connectivity index (χ0n) is 15.3. The molecule has 3 rings (SSSR count). The summed E-state index contributed by atoms with van der Waals surface area (Å²) in [6, 6.07) is 5.52. The topological polar surface area (TPSA) is 75.2 Å². The highest BCUT2D eigenvalue weighted by atomic mass is 35.5. The predicted octanol–water partition coefficient (Wildman–Crippen LogP) is 2.59. The maximum Gasteiger partial charge on any atom is 0.253 e. The number of aryl methyl sites for hydroxylation is 2. The minimum atomic E-state index is -0.541. The third-order valence-electron chi connectivity index (χ3n) is 4.81. The SMILES string of the molecule is Cc1nc2ccc(C(=O)N3CCC(NC(=O)C(C)Cl)CC3)cc2nc1C. The van der Waals surface area contributed by atoms with Crippen LogP contribution in [0.2, 0.25) is 0 Å². The van der Waals surface area contributed by atoms with Gasteiger partial charge in [-0.15, -0.1) is 11.6 Å². The first-order valence-corrected chi connectivity index (χ1v) is 9.27. The monoisotopic (exact) mass is 374 g/mol. The van der Waals surface area contributed by atoms with Crippen LogP contribution < -0.4 is 5.32 Å². The number of likely N-dealkylation sites (tertiary alicyclic amines) is 1. The van der Waals surface area contributed by atoms with Gasteiger partial charge in [-0.3, -0.25) is 9.59 Å². The van der Waals surface area contributed by atoms with E-state index in [4.69, 9.17) is 11.6 Å². The first-order chi connectivity index (χ1) is 12.3. The summed E-state index contributed by atoms with van der Waals surface area (Å²) >= 11 is 5.79. The second-order valence-electron chi connectivity index (χ2n) is 6.79. The zero-order chi connectivity index (χ0) is 18.8. The predicted molar refractivity (Wildman–Crippen MR) is 101 cm³/mol. The van der Waals surface area contributed by atoms with E-state index in [0.717, 1.165) is 35.3 Å². The van der Waals surface area contributed by atoms with E-state index in [0.29, 0.717) is 18.7 Å². The van der Waals surface area contributed by atoms with Gasteiger partial charge >= 0.3 is 0 Å². The molecule has 1 atom stereocenters. The van der Waals surface area contributed by atoms with Crippen LogP contribution >= 0.6 is 11.6 Å². The molecular weight excluding hydrogens is 352 g/mol. The van der Waals surface area contributed by atoms with E-state index in [1.807, 2.05) is 24.8 Å². The second-order valence-corrected chi connectivity index (χ2v) is 7.44. The Labute approximate surface area is 157 Å². The molecule has 26 heavy (non-hydrogen) atoms. The van der Waals surface area contributed by atoms with E-state index in [1.165, 1.54) is 0 Å².